The highest BCUT2D eigenvalue weighted by Crippen LogP contribution is 2.44. The Morgan fingerprint density at radius 1 is 1.00 bits per heavy atom. The number of ether oxygens (including phenoxy) is 1. The first-order chi connectivity index (χ1) is 18.6. The normalized spacial score (nSPS) is 20.9. The van der Waals surface area contributed by atoms with Gasteiger partial charge in [0.15, 0.2) is 0 Å². The number of carbonyl (C=O) groups excluding carboxylic acids is 2. The number of piperidine rings is 1. The number of likely N-dealkylation sites (tertiary alicyclic amines) is 1. The zero-order chi connectivity index (χ0) is 27.4. The van der Waals surface area contributed by atoms with E-state index in [0.717, 1.165) is 11.7 Å². The highest BCUT2D eigenvalue weighted by Gasteiger charge is 2.52. The molecular weight excluding hydrogens is 493 g/mol. The molecule has 1 aliphatic carbocycles. The van der Waals surface area contributed by atoms with Gasteiger partial charge in [-0.1, -0.05) is 48.5 Å². The monoisotopic (exact) mass is 527 g/mol. The van der Waals surface area contributed by atoms with E-state index in [4.69, 9.17) is 14.0 Å². The first kappa shape index (κ1) is 25.8. The van der Waals surface area contributed by atoms with Crippen LogP contribution >= 0.6 is 0 Å². The third kappa shape index (κ3) is 4.28. The molecule has 0 N–H and O–H groups in total. The first-order valence-electron chi connectivity index (χ1n) is 13.6. The van der Waals surface area contributed by atoms with E-state index in [1.807, 2.05) is 58.2 Å². The number of hydrogen-bond donors (Lipinski definition) is 0. The molecule has 0 saturated carbocycles. The Hall–Kier alpha value is -3.43. The molecule has 3 aromatic rings. The minimum absolute atomic E-state index is 0.0117. The van der Waals surface area contributed by atoms with Crippen LogP contribution < -0.4 is 5.46 Å². The Bertz CT molecular complexity index is 1350. The van der Waals surface area contributed by atoms with E-state index in [9.17, 15) is 9.59 Å². The van der Waals surface area contributed by atoms with Crippen LogP contribution in [-0.2, 0) is 24.4 Å². The predicted octanol–water partition coefficient (Wildman–Crippen LogP) is 4.12. The zero-order valence-electron chi connectivity index (χ0n) is 22.9. The van der Waals surface area contributed by atoms with Crippen LogP contribution in [0.3, 0.4) is 0 Å². The van der Waals surface area contributed by atoms with Crippen molar-refractivity contribution in [3.63, 3.8) is 0 Å². The molecule has 0 unspecified atom stereocenters. The van der Waals surface area contributed by atoms with E-state index < -0.39 is 23.9 Å². The van der Waals surface area contributed by atoms with Crippen LogP contribution in [0.5, 0.6) is 0 Å². The molecule has 202 valence electrons. The summed E-state index contributed by atoms with van der Waals surface area (Å²) in [5.41, 5.74) is 3.77. The van der Waals surface area contributed by atoms with Crippen LogP contribution in [0.1, 0.15) is 57.6 Å². The first-order valence-corrected chi connectivity index (χ1v) is 13.6. The van der Waals surface area contributed by atoms with Crippen LogP contribution in [0.15, 0.2) is 60.9 Å². The molecule has 9 heteroatoms. The SMILES string of the molecule is CC1(C)OB(c2cnn(C3(C=O)CCN(C(=O)OCC4c5ccccc5-c5ccccc54)CC3)c2)OC1(C)C. The summed E-state index contributed by atoms with van der Waals surface area (Å²) in [5, 5.41) is 4.51. The maximum Gasteiger partial charge on any atom is 0.498 e. The van der Waals surface area contributed by atoms with Gasteiger partial charge in [0.1, 0.15) is 18.4 Å². The molecule has 2 aliphatic heterocycles. The van der Waals surface area contributed by atoms with Crippen LogP contribution in [0.4, 0.5) is 4.79 Å². The summed E-state index contributed by atoms with van der Waals surface area (Å²) in [6.07, 6.45) is 5.03. The van der Waals surface area contributed by atoms with Crippen molar-refractivity contribution < 1.29 is 23.6 Å². The van der Waals surface area contributed by atoms with E-state index in [1.54, 1.807) is 15.8 Å². The van der Waals surface area contributed by atoms with Crippen molar-refractivity contribution in [1.29, 1.82) is 0 Å². The number of fused-ring (bicyclic) bond motifs is 3. The molecular formula is C30H34BN3O5. The molecule has 0 bridgehead atoms. The number of aromatic nitrogens is 2. The lowest BCUT2D eigenvalue weighted by Gasteiger charge is -2.37. The van der Waals surface area contributed by atoms with Crippen molar-refractivity contribution in [2.45, 2.75) is 63.2 Å². The molecule has 6 rings (SSSR count). The number of hydrogen-bond acceptors (Lipinski definition) is 6. The Kier molecular flexibility index (Phi) is 6.19. The fourth-order valence-corrected chi connectivity index (χ4v) is 5.84. The van der Waals surface area contributed by atoms with Crippen LogP contribution in [0, 0.1) is 0 Å². The summed E-state index contributed by atoms with van der Waals surface area (Å²) >= 11 is 0. The number of carbonyl (C=O) groups is 2. The molecule has 3 aliphatic rings. The lowest BCUT2D eigenvalue weighted by Crippen LogP contribution is -2.49. The minimum atomic E-state index is -0.831. The standard InChI is InChI=1S/C30H34BN3O5/c1-28(2)29(3,4)39-31(38-28)21-17-32-34(18-21)30(20-35)13-15-33(16-14-30)27(36)37-19-26-24-11-7-5-9-22(24)23-10-6-8-12-25(23)26/h5-12,17-18,20,26H,13-16,19H2,1-4H3. The number of amides is 1. The molecule has 1 aromatic heterocycles. The topological polar surface area (TPSA) is 82.9 Å². The lowest BCUT2D eigenvalue weighted by atomic mass is 9.81. The molecule has 2 saturated heterocycles. The summed E-state index contributed by atoms with van der Waals surface area (Å²) in [4.78, 5) is 27.1. The highest BCUT2D eigenvalue weighted by atomic mass is 16.7. The molecule has 39 heavy (non-hydrogen) atoms. The number of nitrogens with zero attached hydrogens (tertiary/aromatic N) is 3. The van der Waals surface area contributed by atoms with Gasteiger partial charge in [-0.15, -0.1) is 0 Å². The summed E-state index contributed by atoms with van der Waals surface area (Å²) < 4.78 is 19.8. The van der Waals surface area contributed by atoms with Gasteiger partial charge in [-0.25, -0.2) is 4.79 Å². The third-order valence-electron chi connectivity index (χ3n) is 9.03. The number of rotatable bonds is 5. The maximum atomic E-state index is 13.1. The van der Waals surface area contributed by atoms with Gasteiger partial charge in [0, 0.05) is 36.9 Å². The van der Waals surface area contributed by atoms with E-state index in [2.05, 4.69) is 29.4 Å². The van der Waals surface area contributed by atoms with E-state index >= 15 is 0 Å². The number of benzene rings is 2. The zero-order valence-corrected chi connectivity index (χ0v) is 22.9. The fraction of sp³-hybridized carbons (Fsp3) is 0.433. The van der Waals surface area contributed by atoms with Gasteiger partial charge in [-0.2, -0.15) is 5.10 Å². The molecule has 0 atom stereocenters. The Labute approximate surface area is 229 Å². The fourth-order valence-electron chi connectivity index (χ4n) is 5.84. The van der Waals surface area contributed by atoms with Crippen molar-refractivity contribution in [2.75, 3.05) is 19.7 Å². The Balaban J connectivity index is 1.10. The highest BCUT2D eigenvalue weighted by molar-refractivity contribution is 6.62. The van der Waals surface area contributed by atoms with Crippen molar-refractivity contribution in [1.82, 2.24) is 14.7 Å². The van der Waals surface area contributed by atoms with Gasteiger partial charge < -0.3 is 23.7 Å². The second-order valence-corrected chi connectivity index (χ2v) is 11.8. The molecule has 0 spiro atoms. The van der Waals surface area contributed by atoms with Crippen LogP contribution in [-0.4, -0.2) is 65.1 Å². The second kappa shape index (κ2) is 9.35. The van der Waals surface area contributed by atoms with Gasteiger partial charge in [-0.05, 0) is 62.8 Å². The number of aldehydes is 1. The molecule has 2 aromatic carbocycles. The summed E-state index contributed by atoms with van der Waals surface area (Å²) in [5.74, 6) is 0.0117. The van der Waals surface area contributed by atoms with Gasteiger partial charge in [0.25, 0.3) is 0 Å². The molecule has 0 radical (unpaired) electrons. The third-order valence-corrected chi connectivity index (χ3v) is 9.03. The minimum Gasteiger partial charge on any atom is -0.448 e. The lowest BCUT2D eigenvalue weighted by molar-refractivity contribution is -0.118. The van der Waals surface area contributed by atoms with Crippen molar-refractivity contribution >= 4 is 25.0 Å². The maximum absolute atomic E-state index is 13.1. The van der Waals surface area contributed by atoms with E-state index in [0.29, 0.717) is 25.9 Å². The Morgan fingerprint density at radius 3 is 2.13 bits per heavy atom. The summed E-state index contributed by atoms with van der Waals surface area (Å²) in [6, 6.07) is 16.6. The Morgan fingerprint density at radius 2 is 1.56 bits per heavy atom. The van der Waals surface area contributed by atoms with Crippen molar-refractivity contribution in [3.8, 4) is 11.1 Å². The van der Waals surface area contributed by atoms with Gasteiger partial charge in [0.05, 0.1) is 11.2 Å². The van der Waals surface area contributed by atoms with Crippen LogP contribution in [0.2, 0.25) is 0 Å². The smallest absolute Gasteiger partial charge is 0.448 e. The molecule has 2 fully saturated rings. The molecule has 1 amide bonds. The van der Waals surface area contributed by atoms with Crippen molar-refractivity contribution in [2.24, 2.45) is 0 Å². The van der Waals surface area contributed by atoms with Crippen molar-refractivity contribution in [3.05, 3.63) is 72.1 Å². The van der Waals surface area contributed by atoms with Gasteiger partial charge in [0.2, 0.25) is 0 Å². The largest absolute Gasteiger partial charge is 0.498 e. The average molecular weight is 527 g/mol. The molecule has 8 nitrogen and oxygen atoms in total. The van der Waals surface area contributed by atoms with E-state index in [-0.39, 0.29) is 18.6 Å². The van der Waals surface area contributed by atoms with Gasteiger partial charge >= 0.3 is 13.2 Å². The summed E-state index contributed by atoms with van der Waals surface area (Å²) in [7, 11) is -0.548. The predicted molar refractivity (Wildman–Crippen MR) is 148 cm³/mol. The summed E-state index contributed by atoms with van der Waals surface area (Å²) in [6.45, 7) is 9.10. The van der Waals surface area contributed by atoms with Crippen LogP contribution in [0.25, 0.3) is 11.1 Å². The second-order valence-electron chi connectivity index (χ2n) is 11.8. The molecule has 3 heterocycles. The van der Waals surface area contributed by atoms with E-state index in [1.165, 1.54) is 22.3 Å². The average Bonchev–Trinajstić information content (AvgIpc) is 3.61. The quantitative estimate of drug-likeness (QED) is 0.367. The van der Waals surface area contributed by atoms with Gasteiger partial charge in [-0.3, -0.25) is 4.68 Å².